The summed E-state index contributed by atoms with van der Waals surface area (Å²) in [7, 11) is 0. The molecule has 0 bridgehead atoms. The molecule has 6 nitrogen and oxygen atoms in total. The van der Waals surface area contributed by atoms with Gasteiger partial charge in [0.2, 0.25) is 0 Å². The number of hydroxylamine groups is 2. The summed E-state index contributed by atoms with van der Waals surface area (Å²) in [6, 6.07) is 16.3. The van der Waals surface area contributed by atoms with Crippen LogP contribution in [0.3, 0.4) is 0 Å². The van der Waals surface area contributed by atoms with Gasteiger partial charge in [-0.3, -0.25) is 5.21 Å². The lowest BCUT2D eigenvalue weighted by Crippen LogP contribution is -2.31. The molecule has 1 aromatic heterocycles. The molecule has 0 saturated heterocycles. The van der Waals surface area contributed by atoms with Crippen LogP contribution in [0.5, 0.6) is 5.75 Å². The van der Waals surface area contributed by atoms with Gasteiger partial charge >= 0.3 is 6.03 Å². The number of urea groups is 1. The second-order valence-corrected chi connectivity index (χ2v) is 6.51. The van der Waals surface area contributed by atoms with E-state index in [4.69, 9.17) is 10.5 Å². The topological polar surface area (TPSA) is 88.7 Å². The molecule has 0 atom stereocenters. The van der Waals surface area contributed by atoms with E-state index in [1.165, 1.54) is 0 Å². The van der Waals surface area contributed by atoms with Gasteiger partial charge in [-0.05, 0) is 17.7 Å². The van der Waals surface area contributed by atoms with Crippen molar-refractivity contribution in [3.63, 3.8) is 0 Å². The number of carbonyl (C=O) groups excluding carboxylic acids is 1. The molecule has 134 valence electrons. The highest BCUT2D eigenvalue weighted by Crippen LogP contribution is 2.23. The number of thiazole rings is 1. The van der Waals surface area contributed by atoms with Crippen molar-refractivity contribution >= 4 is 17.4 Å². The lowest BCUT2D eigenvalue weighted by Gasteiger charge is -2.12. The Morgan fingerprint density at radius 2 is 1.88 bits per heavy atom. The monoisotopic (exact) mass is 369 g/mol. The maximum Gasteiger partial charge on any atom is 0.338 e. The molecule has 0 saturated carbocycles. The molecule has 3 aromatic rings. The maximum atomic E-state index is 10.8. The summed E-state index contributed by atoms with van der Waals surface area (Å²) in [4.78, 5) is 15.4. The minimum absolute atomic E-state index is 0.0384. The summed E-state index contributed by atoms with van der Waals surface area (Å²) in [5, 5.41) is 12.8. The Labute approximate surface area is 155 Å². The number of benzene rings is 2. The van der Waals surface area contributed by atoms with Gasteiger partial charge in [0, 0.05) is 17.4 Å². The van der Waals surface area contributed by atoms with Gasteiger partial charge in [-0.2, -0.15) is 0 Å². The first-order chi connectivity index (χ1) is 12.6. The van der Waals surface area contributed by atoms with Crippen LogP contribution in [0.1, 0.15) is 11.3 Å². The lowest BCUT2D eigenvalue weighted by molar-refractivity contribution is -0.0470. The van der Waals surface area contributed by atoms with Crippen LogP contribution >= 0.6 is 11.3 Å². The predicted molar refractivity (Wildman–Crippen MR) is 100 cm³/mol. The van der Waals surface area contributed by atoms with Gasteiger partial charge in [0.05, 0.1) is 18.8 Å². The van der Waals surface area contributed by atoms with Crippen molar-refractivity contribution in [1.29, 1.82) is 0 Å². The zero-order valence-electron chi connectivity index (χ0n) is 14.0. The zero-order valence-corrected chi connectivity index (χ0v) is 14.9. The van der Waals surface area contributed by atoms with Crippen LogP contribution in [0.25, 0.3) is 10.6 Å². The molecule has 0 spiro atoms. The summed E-state index contributed by atoms with van der Waals surface area (Å²) < 4.78 is 5.73. The fourth-order valence-electron chi connectivity index (χ4n) is 2.35. The third kappa shape index (κ3) is 4.81. The molecule has 3 rings (SSSR count). The van der Waals surface area contributed by atoms with E-state index in [2.05, 4.69) is 10.4 Å². The molecule has 7 heteroatoms. The molecule has 3 N–H and O–H groups in total. The van der Waals surface area contributed by atoms with Crippen LogP contribution in [0.15, 0.2) is 60.0 Å². The van der Waals surface area contributed by atoms with Crippen molar-refractivity contribution in [3.8, 4) is 16.3 Å². The second kappa shape index (κ2) is 8.46. The number of rotatable bonds is 7. The molecule has 0 aliphatic carbocycles. The number of ether oxygens (including phenoxy) is 1. The first-order valence-corrected chi connectivity index (χ1v) is 8.97. The van der Waals surface area contributed by atoms with E-state index in [1.807, 2.05) is 30.3 Å². The standard InChI is InChI=1S/C19H19N3O3S/c20-19(23)22(24)12-14-6-8-17(9-7-14)25-11-10-16-13-26-18(21-16)15-4-2-1-3-5-15/h1-9,13,24H,10-12H2,(H2,20,23). The smallest absolute Gasteiger partial charge is 0.338 e. The first kappa shape index (κ1) is 17.9. The highest BCUT2D eigenvalue weighted by atomic mass is 32.1. The molecular formula is C19H19N3O3S. The van der Waals surface area contributed by atoms with Gasteiger partial charge in [0.25, 0.3) is 0 Å². The van der Waals surface area contributed by atoms with Gasteiger partial charge in [0.15, 0.2) is 0 Å². The number of aromatic nitrogens is 1. The van der Waals surface area contributed by atoms with Crippen LogP contribution in [-0.4, -0.2) is 27.9 Å². The van der Waals surface area contributed by atoms with E-state index >= 15 is 0 Å². The van der Waals surface area contributed by atoms with E-state index in [-0.39, 0.29) is 6.54 Å². The van der Waals surface area contributed by atoms with Gasteiger partial charge < -0.3 is 10.5 Å². The van der Waals surface area contributed by atoms with Crippen molar-refractivity contribution < 1.29 is 14.7 Å². The molecule has 0 unspecified atom stereocenters. The molecule has 1 heterocycles. The van der Waals surface area contributed by atoms with Crippen molar-refractivity contribution in [1.82, 2.24) is 10.0 Å². The quantitative estimate of drug-likeness (QED) is 0.491. The highest BCUT2D eigenvalue weighted by molar-refractivity contribution is 7.13. The fraction of sp³-hybridized carbons (Fsp3) is 0.158. The van der Waals surface area contributed by atoms with Gasteiger partial charge in [-0.15, -0.1) is 11.3 Å². The van der Waals surface area contributed by atoms with Crippen LogP contribution in [-0.2, 0) is 13.0 Å². The number of nitrogens with two attached hydrogens (primary N) is 1. The zero-order chi connectivity index (χ0) is 18.4. The maximum absolute atomic E-state index is 10.8. The minimum Gasteiger partial charge on any atom is -0.493 e. The number of hydrogen-bond donors (Lipinski definition) is 2. The summed E-state index contributed by atoms with van der Waals surface area (Å²) in [6.45, 7) is 0.557. The molecule has 0 aliphatic heterocycles. The fourth-order valence-corrected chi connectivity index (χ4v) is 3.21. The number of amides is 2. The van der Waals surface area contributed by atoms with E-state index in [9.17, 15) is 10.0 Å². The Kier molecular flexibility index (Phi) is 5.83. The normalized spacial score (nSPS) is 10.5. The third-order valence-electron chi connectivity index (χ3n) is 3.71. The predicted octanol–water partition coefficient (Wildman–Crippen LogP) is 3.70. The van der Waals surface area contributed by atoms with Crippen molar-refractivity contribution in [2.45, 2.75) is 13.0 Å². The molecular weight excluding hydrogens is 350 g/mol. The SMILES string of the molecule is NC(=O)N(O)Cc1ccc(OCCc2csc(-c3ccccc3)n2)cc1. The number of primary amides is 1. The average Bonchev–Trinajstić information content (AvgIpc) is 3.13. The Morgan fingerprint density at radius 1 is 1.15 bits per heavy atom. The Balaban J connectivity index is 1.49. The van der Waals surface area contributed by atoms with E-state index in [0.29, 0.717) is 11.7 Å². The van der Waals surface area contributed by atoms with Crippen LogP contribution in [0.2, 0.25) is 0 Å². The Bertz CT molecular complexity index is 850. The number of hydrogen-bond acceptors (Lipinski definition) is 5. The third-order valence-corrected chi connectivity index (χ3v) is 4.65. The van der Waals surface area contributed by atoms with E-state index < -0.39 is 6.03 Å². The average molecular weight is 369 g/mol. The molecule has 2 amide bonds. The number of carbonyl (C=O) groups is 1. The Hall–Kier alpha value is -2.90. The summed E-state index contributed by atoms with van der Waals surface area (Å²) >= 11 is 1.63. The lowest BCUT2D eigenvalue weighted by atomic mass is 10.2. The minimum atomic E-state index is -0.886. The van der Waals surface area contributed by atoms with Gasteiger partial charge in [-0.25, -0.2) is 14.8 Å². The molecule has 0 radical (unpaired) electrons. The number of nitrogens with zero attached hydrogens (tertiary/aromatic N) is 2. The molecule has 0 fully saturated rings. The largest absolute Gasteiger partial charge is 0.493 e. The van der Waals surface area contributed by atoms with Gasteiger partial charge in [-0.1, -0.05) is 42.5 Å². The molecule has 2 aromatic carbocycles. The van der Waals surface area contributed by atoms with Gasteiger partial charge in [0.1, 0.15) is 10.8 Å². The van der Waals surface area contributed by atoms with Crippen LogP contribution in [0.4, 0.5) is 4.79 Å². The van der Waals surface area contributed by atoms with Crippen molar-refractivity contribution in [3.05, 3.63) is 71.2 Å². The molecule has 0 aliphatic rings. The molecule has 26 heavy (non-hydrogen) atoms. The van der Waals surface area contributed by atoms with Crippen LogP contribution < -0.4 is 10.5 Å². The summed E-state index contributed by atoms with van der Waals surface area (Å²) in [6.07, 6.45) is 0.719. The van der Waals surface area contributed by atoms with Crippen molar-refractivity contribution in [2.24, 2.45) is 5.73 Å². The second-order valence-electron chi connectivity index (χ2n) is 5.65. The summed E-state index contributed by atoms with van der Waals surface area (Å²) in [5.41, 5.74) is 7.86. The highest BCUT2D eigenvalue weighted by Gasteiger charge is 2.07. The first-order valence-electron chi connectivity index (χ1n) is 8.09. The summed E-state index contributed by atoms with van der Waals surface area (Å²) in [5.74, 6) is 0.718. The van der Waals surface area contributed by atoms with Crippen molar-refractivity contribution in [2.75, 3.05) is 6.61 Å². The van der Waals surface area contributed by atoms with E-state index in [0.717, 1.165) is 34.0 Å². The Morgan fingerprint density at radius 3 is 2.58 bits per heavy atom. The van der Waals surface area contributed by atoms with E-state index in [1.54, 1.807) is 35.6 Å². The van der Waals surface area contributed by atoms with Crippen LogP contribution in [0, 0.1) is 0 Å².